The monoisotopic (exact) mass is 566 g/mol. The topological polar surface area (TPSA) is 164 Å². The normalized spacial score (nSPS) is 15.5. The maximum atomic E-state index is 13.3. The van der Waals surface area contributed by atoms with E-state index in [0.29, 0.717) is 24.7 Å². The second-order valence-corrected chi connectivity index (χ2v) is 8.74. The SMILES string of the molecule is N#CC1CCCN1C(=O)C(N)Cc1c[nH]c2ccc(NC(=O)Nc3cc(F)cc(F)c3)cc12.O=C(O)C(F)(F)F. The van der Waals surface area contributed by atoms with Crippen molar-refractivity contribution in [3.8, 4) is 6.07 Å². The van der Waals surface area contributed by atoms with Gasteiger partial charge >= 0.3 is 18.2 Å². The van der Waals surface area contributed by atoms with Crippen LogP contribution in [0.1, 0.15) is 18.4 Å². The van der Waals surface area contributed by atoms with Crippen LogP contribution in [-0.2, 0) is 16.0 Å². The summed E-state index contributed by atoms with van der Waals surface area (Å²) in [5.41, 5.74) is 8.18. The predicted octanol–water partition coefficient (Wildman–Crippen LogP) is 4.11. The molecule has 2 heterocycles. The van der Waals surface area contributed by atoms with Crippen LogP contribution in [0, 0.1) is 23.0 Å². The summed E-state index contributed by atoms with van der Waals surface area (Å²) in [4.78, 5) is 38.5. The van der Waals surface area contributed by atoms with Crippen molar-refractivity contribution in [2.24, 2.45) is 5.73 Å². The van der Waals surface area contributed by atoms with Crippen molar-refractivity contribution >= 4 is 40.2 Å². The number of halogens is 5. The number of hydrogen-bond donors (Lipinski definition) is 5. The van der Waals surface area contributed by atoms with Crippen molar-refractivity contribution in [1.82, 2.24) is 9.88 Å². The average molecular weight is 566 g/mol. The fraction of sp³-hybridized carbons (Fsp3) is 0.280. The van der Waals surface area contributed by atoms with E-state index in [2.05, 4.69) is 21.7 Å². The molecule has 6 N–H and O–H groups in total. The minimum Gasteiger partial charge on any atom is -0.475 e. The van der Waals surface area contributed by atoms with E-state index in [4.69, 9.17) is 15.6 Å². The number of hydrogen-bond acceptors (Lipinski definition) is 5. The van der Waals surface area contributed by atoms with Crippen LogP contribution in [-0.4, -0.2) is 57.7 Å². The van der Waals surface area contributed by atoms with Gasteiger partial charge in [0.2, 0.25) is 5.91 Å². The van der Waals surface area contributed by atoms with E-state index >= 15 is 0 Å². The molecule has 1 saturated heterocycles. The van der Waals surface area contributed by atoms with E-state index in [-0.39, 0.29) is 18.0 Å². The third-order valence-corrected chi connectivity index (χ3v) is 5.83. The number of rotatable bonds is 5. The van der Waals surface area contributed by atoms with E-state index < -0.39 is 41.9 Å². The van der Waals surface area contributed by atoms with Crippen LogP contribution in [0.25, 0.3) is 10.9 Å². The number of carbonyl (C=O) groups is 3. The number of carboxylic acid groups (broad SMARTS) is 1. The molecule has 1 fully saturated rings. The fourth-order valence-corrected chi connectivity index (χ4v) is 4.05. The first kappa shape index (κ1) is 29.8. The van der Waals surface area contributed by atoms with Gasteiger partial charge in [0.1, 0.15) is 17.7 Å². The Labute approximate surface area is 223 Å². The molecule has 4 rings (SSSR count). The number of nitrogens with one attached hydrogen (secondary N) is 3. The zero-order valence-electron chi connectivity index (χ0n) is 20.6. The number of carboxylic acids is 1. The van der Waals surface area contributed by atoms with E-state index in [1.165, 1.54) is 4.90 Å². The molecule has 10 nitrogen and oxygen atoms in total. The van der Waals surface area contributed by atoms with Gasteiger partial charge in [0, 0.05) is 41.1 Å². The minimum atomic E-state index is -5.08. The lowest BCUT2D eigenvalue weighted by Crippen LogP contribution is -2.46. The fourth-order valence-electron chi connectivity index (χ4n) is 4.05. The number of aromatic amines is 1. The number of benzene rings is 2. The van der Waals surface area contributed by atoms with Gasteiger partial charge < -0.3 is 31.4 Å². The van der Waals surface area contributed by atoms with E-state index in [0.717, 1.165) is 35.0 Å². The zero-order valence-corrected chi connectivity index (χ0v) is 20.6. The quantitative estimate of drug-likeness (QED) is 0.292. The summed E-state index contributed by atoms with van der Waals surface area (Å²) in [7, 11) is 0. The molecule has 40 heavy (non-hydrogen) atoms. The average Bonchev–Trinajstić information content (AvgIpc) is 3.49. The molecule has 0 bridgehead atoms. The first-order valence-electron chi connectivity index (χ1n) is 11.7. The summed E-state index contributed by atoms with van der Waals surface area (Å²) in [5.74, 6) is -4.62. The number of fused-ring (bicyclic) bond motifs is 1. The number of aromatic nitrogens is 1. The van der Waals surface area contributed by atoms with Crippen molar-refractivity contribution in [1.29, 1.82) is 5.26 Å². The van der Waals surface area contributed by atoms with Crippen molar-refractivity contribution in [3.63, 3.8) is 0 Å². The zero-order chi connectivity index (χ0) is 29.6. The van der Waals surface area contributed by atoms with Gasteiger partial charge in [-0.15, -0.1) is 0 Å². The third kappa shape index (κ3) is 7.67. The summed E-state index contributed by atoms with van der Waals surface area (Å²) in [6.07, 6.45) is -1.64. The number of carbonyl (C=O) groups excluding carboxylic acids is 2. The van der Waals surface area contributed by atoms with Crippen LogP contribution < -0.4 is 16.4 Å². The second kappa shape index (κ2) is 12.4. The Morgan fingerprint density at radius 1 is 1.12 bits per heavy atom. The lowest BCUT2D eigenvalue weighted by atomic mass is 10.0. The molecule has 3 amide bonds. The van der Waals surface area contributed by atoms with Crippen LogP contribution in [0.5, 0.6) is 0 Å². The van der Waals surface area contributed by atoms with Crippen LogP contribution >= 0.6 is 0 Å². The smallest absolute Gasteiger partial charge is 0.475 e. The molecule has 2 aromatic carbocycles. The van der Waals surface area contributed by atoms with E-state index in [1.54, 1.807) is 24.4 Å². The molecule has 0 aliphatic carbocycles. The summed E-state index contributed by atoms with van der Waals surface area (Å²) >= 11 is 0. The van der Waals surface area contributed by atoms with Crippen LogP contribution in [0.15, 0.2) is 42.6 Å². The lowest BCUT2D eigenvalue weighted by molar-refractivity contribution is -0.192. The lowest BCUT2D eigenvalue weighted by Gasteiger charge is -2.23. The number of nitrogens with two attached hydrogens (primary N) is 1. The van der Waals surface area contributed by atoms with Crippen molar-refractivity contribution in [3.05, 3.63) is 59.8 Å². The molecule has 1 aliphatic rings. The van der Waals surface area contributed by atoms with Gasteiger partial charge in [-0.05, 0) is 55.2 Å². The maximum Gasteiger partial charge on any atom is 0.490 e. The highest BCUT2D eigenvalue weighted by atomic mass is 19.4. The third-order valence-electron chi connectivity index (χ3n) is 5.83. The first-order chi connectivity index (χ1) is 18.8. The van der Waals surface area contributed by atoms with E-state index in [9.17, 15) is 36.8 Å². The summed E-state index contributed by atoms with van der Waals surface area (Å²) in [5, 5.41) is 22.1. The molecule has 0 saturated carbocycles. The Balaban J connectivity index is 0.000000559. The highest BCUT2D eigenvalue weighted by Crippen LogP contribution is 2.25. The summed E-state index contributed by atoms with van der Waals surface area (Å²) in [6.45, 7) is 0.525. The molecule has 2 atom stereocenters. The molecule has 1 aliphatic heterocycles. The molecule has 2 unspecified atom stereocenters. The Morgan fingerprint density at radius 2 is 1.75 bits per heavy atom. The number of alkyl halides is 3. The van der Waals surface area contributed by atoms with Gasteiger partial charge in [0.15, 0.2) is 0 Å². The van der Waals surface area contributed by atoms with Gasteiger partial charge in [0.25, 0.3) is 0 Å². The number of urea groups is 1. The molecule has 0 spiro atoms. The molecule has 212 valence electrons. The highest BCUT2D eigenvalue weighted by molar-refractivity contribution is 6.01. The predicted molar refractivity (Wildman–Crippen MR) is 133 cm³/mol. The molecular weight excluding hydrogens is 543 g/mol. The Morgan fingerprint density at radius 3 is 2.35 bits per heavy atom. The number of likely N-dealkylation sites (tertiary alicyclic amines) is 1. The minimum absolute atomic E-state index is 0.0181. The molecule has 15 heteroatoms. The van der Waals surface area contributed by atoms with Gasteiger partial charge in [-0.3, -0.25) is 4.79 Å². The number of nitriles is 1. The van der Waals surface area contributed by atoms with Crippen molar-refractivity contribution < 1.29 is 41.4 Å². The Bertz CT molecular complexity index is 1430. The van der Waals surface area contributed by atoms with Gasteiger partial charge in [-0.1, -0.05) is 0 Å². The largest absolute Gasteiger partial charge is 0.490 e. The second-order valence-electron chi connectivity index (χ2n) is 8.74. The van der Waals surface area contributed by atoms with Gasteiger partial charge in [-0.2, -0.15) is 18.4 Å². The van der Waals surface area contributed by atoms with Crippen molar-refractivity contribution in [2.45, 2.75) is 37.5 Å². The Hall–Kier alpha value is -4.71. The first-order valence-corrected chi connectivity index (χ1v) is 11.7. The molecular formula is C25H23F5N6O4. The van der Waals surface area contributed by atoms with Crippen LogP contribution in [0.2, 0.25) is 0 Å². The van der Waals surface area contributed by atoms with Gasteiger partial charge in [-0.25, -0.2) is 18.4 Å². The number of aliphatic carboxylic acids is 1. The number of anilines is 2. The summed E-state index contributed by atoms with van der Waals surface area (Å²) < 4.78 is 58.4. The number of nitrogens with zero attached hydrogens (tertiary/aromatic N) is 2. The van der Waals surface area contributed by atoms with Crippen LogP contribution in [0.4, 0.5) is 38.1 Å². The van der Waals surface area contributed by atoms with Crippen LogP contribution in [0.3, 0.4) is 0 Å². The maximum absolute atomic E-state index is 13.3. The molecule has 3 aromatic rings. The van der Waals surface area contributed by atoms with Gasteiger partial charge in [0.05, 0.1) is 12.1 Å². The standard InChI is InChI=1S/C23H22F2N6O2.C2HF3O2/c24-14-7-15(25)9-17(8-14)30-23(33)29-16-3-4-21-19(10-16)13(12-28-21)6-20(27)22(32)31-5-1-2-18(31)11-26;3-2(4,5)1(6)7/h3-4,7-10,12,18,20,28H,1-2,5-6,27H2,(H2,29,30,33);(H,6,7). The number of H-pyrrole nitrogens is 1. The van der Waals surface area contributed by atoms with Crippen molar-refractivity contribution in [2.75, 3.05) is 17.2 Å². The highest BCUT2D eigenvalue weighted by Gasteiger charge is 2.38. The molecule has 1 aromatic heterocycles. The Kier molecular flexibility index (Phi) is 9.27. The molecule has 0 radical (unpaired) electrons. The summed E-state index contributed by atoms with van der Waals surface area (Å²) in [6, 6.07) is 8.11. The van der Waals surface area contributed by atoms with E-state index in [1.807, 2.05) is 0 Å². The number of amides is 3.